The molecule has 14 heavy (non-hydrogen) atoms. The number of hydrogen-bond acceptors (Lipinski definition) is 3. The molecule has 0 fully saturated rings. The van der Waals surface area contributed by atoms with E-state index in [1.165, 1.54) is 12.1 Å². The highest BCUT2D eigenvalue weighted by atomic mass is 16.6. The molecule has 1 aromatic carbocycles. The van der Waals surface area contributed by atoms with Gasteiger partial charge in [0.05, 0.1) is 4.92 Å². The highest BCUT2D eigenvalue weighted by molar-refractivity contribution is 5.51. The second-order valence-corrected chi connectivity index (χ2v) is 2.83. The van der Waals surface area contributed by atoms with Crippen LogP contribution in [0.25, 0.3) is 6.08 Å². The number of nitrogens with two attached hydrogens (primary N) is 1. The maximum Gasteiger partial charge on any atom is 0.269 e. The Labute approximate surface area is 82.2 Å². The fraction of sp³-hybridized carbons (Fsp3) is 0.200. The van der Waals surface area contributed by atoms with Gasteiger partial charge < -0.3 is 5.73 Å². The fourth-order valence-electron chi connectivity index (χ4n) is 1.02. The van der Waals surface area contributed by atoms with E-state index in [0.717, 1.165) is 12.0 Å². The molecule has 0 spiro atoms. The summed E-state index contributed by atoms with van der Waals surface area (Å²) in [5.74, 6) is 0. The van der Waals surface area contributed by atoms with Crippen molar-refractivity contribution in [1.82, 2.24) is 0 Å². The molecule has 1 rings (SSSR count). The van der Waals surface area contributed by atoms with Crippen molar-refractivity contribution in [3.05, 3.63) is 46.0 Å². The van der Waals surface area contributed by atoms with Crippen molar-refractivity contribution in [1.29, 1.82) is 0 Å². The van der Waals surface area contributed by atoms with Gasteiger partial charge in [0, 0.05) is 12.1 Å². The summed E-state index contributed by atoms with van der Waals surface area (Å²) in [4.78, 5) is 9.93. The molecule has 0 saturated carbocycles. The lowest BCUT2D eigenvalue weighted by Gasteiger charge is -1.93. The van der Waals surface area contributed by atoms with Crippen molar-refractivity contribution in [2.45, 2.75) is 6.42 Å². The predicted octanol–water partition coefficient (Wildman–Crippen LogP) is 1.96. The van der Waals surface area contributed by atoms with Crippen LogP contribution in [0.1, 0.15) is 12.0 Å². The van der Waals surface area contributed by atoms with Crippen molar-refractivity contribution in [2.24, 2.45) is 5.73 Å². The third-order valence-corrected chi connectivity index (χ3v) is 1.75. The maximum atomic E-state index is 10.3. The standard InChI is InChI=1S/C10H12N2O2/c11-8-2-1-3-9-4-6-10(7-5-9)12(13)14/h1,3-7H,2,8,11H2. The van der Waals surface area contributed by atoms with Crippen LogP contribution in [0.5, 0.6) is 0 Å². The molecule has 0 unspecified atom stereocenters. The Kier molecular flexibility index (Phi) is 3.82. The molecule has 4 nitrogen and oxygen atoms in total. The van der Waals surface area contributed by atoms with Gasteiger partial charge in [-0.05, 0) is 30.7 Å². The van der Waals surface area contributed by atoms with Crippen LogP contribution in [0.15, 0.2) is 30.3 Å². The Bertz CT molecular complexity index is 330. The summed E-state index contributed by atoms with van der Waals surface area (Å²) in [6, 6.07) is 6.40. The summed E-state index contributed by atoms with van der Waals surface area (Å²) in [6.07, 6.45) is 4.66. The first-order valence-corrected chi connectivity index (χ1v) is 4.35. The highest BCUT2D eigenvalue weighted by Crippen LogP contribution is 2.12. The van der Waals surface area contributed by atoms with E-state index in [-0.39, 0.29) is 5.69 Å². The SMILES string of the molecule is NCCC=Cc1ccc([N+](=O)[O-])cc1. The molecule has 0 aliphatic heterocycles. The molecule has 0 saturated heterocycles. The third kappa shape index (κ3) is 2.99. The van der Waals surface area contributed by atoms with E-state index in [9.17, 15) is 10.1 Å². The summed E-state index contributed by atoms with van der Waals surface area (Å²) in [5, 5.41) is 10.3. The first-order chi connectivity index (χ1) is 6.74. The normalized spacial score (nSPS) is 10.6. The molecule has 0 heterocycles. The van der Waals surface area contributed by atoms with Gasteiger partial charge in [0.25, 0.3) is 5.69 Å². The Balaban J connectivity index is 2.68. The van der Waals surface area contributed by atoms with Crippen LogP contribution >= 0.6 is 0 Å². The zero-order valence-corrected chi connectivity index (χ0v) is 7.72. The Morgan fingerprint density at radius 1 is 1.36 bits per heavy atom. The minimum atomic E-state index is -0.409. The van der Waals surface area contributed by atoms with E-state index in [1.807, 2.05) is 12.2 Å². The third-order valence-electron chi connectivity index (χ3n) is 1.75. The number of rotatable bonds is 4. The molecule has 0 amide bonds. The molecule has 1 aromatic rings. The molecule has 0 aromatic heterocycles. The molecule has 74 valence electrons. The van der Waals surface area contributed by atoms with Crippen molar-refractivity contribution in [2.75, 3.05) is 6.54 Å². The Morgan fingerprint density at radius 3 is 2.50 bits per heavy atom. The van der Waals surface area contributed by atoms with Gasteiger partial charge in [-0.1, -0.05) is 12.2 Å². The van der Waals surface area contributed by atoms with Gasteiger partial charge in [-0.3, -0.25) is 10.1 Å². The lowest BCUT2D eigenvalue weighted by Crippen LogP contribution is -1.94. The molecular formula is C10H12N2O2. The van der Waals surface area contributed by atoms with Gasteiger partial charge in [-0.2, -0.15) is 0 Å². The second-order valence-electron chi connectivity index (χ2n) is 2.83. The van der Waals surface area contributed by atoms with Gasteiger partial charge >= 0.3 is 0 Å². The number of benzene rings is 1. The van der Waals surface area contributed by atoms with E-state index in [0.29, 0.717) is 6.54 Å². The zero-order valence-electron chi connectivity index (χ0n) is 7.72. The number of nitrogens with zero attached hydrogens (tertiary/aromatic N) is 1. The van der Waals surface area contributed by atoms with Crippen molar-refractivity contribution in [3.8, 4) is 0 Å². The molecule has 0 radical (unpaired) electrons. The smallest absolute Gasteiger partial charge is 0.269 e. The van der Waals surface area contributed by atoms with Crippen molar-refractivity contribution >= 4 is 11.8 Å². The van der Waals surface area contributed by atoms with E-state index in [1.54, 1.807) is 12.1 Å². The molecule has 2 N–H and O–H groups in total. The first-order valence-electron chi connectivity index (χ1n) is 4.35. The predicted molar refractivity (Wildman–Crippen MR) is 55.8 cm³/mol. The average molecular weight is 192 g/mol. The lowest BCUT2D eigenvalue weighted by molar-refractivity contribution is -0.384. The van der Waals surface area contributed by atoms with Gasteiger partial charge in [-0.25, -0.2) is 0 Å². The quantitative estimate of drug-likeness (QED) is 0.585. The summed E-state index contributed by atoms with van der Waals surface area (Å²) in [5.41, 5.74) is 6.38. The van der Waals surface area contributed by atoms with Gasteiger partial charge in [0.2, 0.25) is 0 Å². The van der Waals surface area contributed by atoms with Crippen LogP contribution in [0, 0.1) is 10.1 Å². The van der Waals surface area contributed by atoms with Crippen LogP contribution in [0.4, 0.5) is 5.69 Å². The van der Waals surface area contributed by atoms with Gasteiger partial charge in [0.15, 0.2) is 0 Å². The van der Waals surface area contributed by atoms with Crippen LogP contribution in [-0.2, 0) is 0 Å². The summed E-state index contributed by atoms with van der Waals surface area (Å²) in [7, 11) is 0. The number of hydrogen-bond donors (Lipinski definition) is 1. The summed E-state index contributed by atoms with van der Waals surface area (Å²) >= 11 is 0. The average Bonchev–Trinajstić information content (AvgIpc) is 2.19. The largest absolute Gasteiger partial charge is 0.330 e. The van der Waals surface area contributed by atoms with Gasteiger partial charge in [-0.15, -0.1) is 0 Å². The van der Waals surface area contributed by atoms with E-state index in [2.05, 4.69) is 0 Å². The minimum absolute atomic E-state index is 0.112. The van der Waals surface area contributed by atoms with E-state index in [4.69, 9.17) is 5.73 Å². The number of nitro groups is 1. The Hall–Kier alpha value is -1.68. The van der Waals surface area contributed by atoms with Crippen LogP contribution in [0.3, 0.4) is 0 Å². The maximum absolute atomic E-state index is 10.3. The fourth-order valence-corrected chi connectivity index (χ4v) is 1.02. The molecule has 0 atom stereocenters. The van der Waals surface area contributed by atoms with Crippen molar-refractivity contribution in [3.63, 3.8) is 0 Å². The monoisotopic (exact) mass is 192 g/mol. The van der Waals surface area contributed by atoms with Crippen molar-refractivity contribution < 1.29 is 4.92 Å². The van der Waals surface area contributed by atoms with Crippen LogP contribution < -0.4 is 5.73 Å². The summed E-state index contributed by atoms with van der Waals surface area (Å²) < 4.78 is 0. The zero-order chi connectivity index (χ0) is 10.4. The van der Waals surface area contributed by atoms with Crippen LogP contribution in [0.2, 0.25) is 0 Å². The molecule has 4 heteroatoms. The van der Waals surface area contributed by atoms with E-state index < -0.39 is 4.92 Å². The van der Waals surface area contributed by atoms with Crippen LogP contribution in [-0.4, -0.2) is 11.5 Å². The second kappa shape index (κ2) is 5.14. The van der Waals surface area contributed by atoms with Gasteiger partial charge in [0.1, 0.15) is 0 Å². The molecule has 0 aliphatic carbocycles. The first kappa shape index (κ1) is 10.4. The molecular weight excluding hydrogens is 180 g/mol. The topological polar surface area (TPSA) is 69.2 Å². The number of nitro benzene ring substituents is 1. The number of non-ortho nitro benzene ring substituents is 1. The molecule has 0 bridgehead atoms. The summed E-state index contributed by atoms with van der Waals surface area (Å²) in [6.45, 7) is 0.615. The Morgan fingerprint density at radius 2 is 2.00 bits per heavy atom. The minimum Gasteiger partial charge on any atom is -0.330 e. The van der Waals surface area contributed by atoms with E-state index >= 15 is 0 Å². The molecule has 0 aliphatic rings. The highest BCUT2D eigenvalue weighted by Gasteiger charge is 2.01. The lowest BCUT2D eigenvalue weighted by atomic mass is 10.2.